The van der Waals surface area contributed by atoms with Crippen LogP contribution in [-0.4, -0.2) is 32.7 Å². The number of aromatic nitrogens is 3. The lowest BCUT2D eigenvalue weighted by atomic mass is 10.1. The van der Waals surface area contributed by atoms with Crippen molar-refractivity contribution in [2.24, 2.45) is 13.0 Å². The fraction of sp³-hybridized carbons (Fsp3) is 0.474. The van der Waals surface area contributed by atoms with Crippen molar-refractivity contribution >= 4 is 11.8 Å². The molecule has 144 valence electrons. The summed E-state index contributed by atoms with van der Waals surface area (Å²) in [5, 5.41) is 9.92. The maximum atomic E-state index is 12.5. The lowest BCUT2D eigenvalue weighted by Crippen LogP contribution is -2.37. The van der Waals surface area contributed by atoms with Gasteiger partial charge < -0.3 is 15.2 Å². The first-order valence-electron chi connectivity index (χ1n) is 9.12. The number of aryl methyl sites for hydroxylation is 2. The van der Waals surface area contributed by atoms with Crippen molar-refractivity contribution in [3.8, 4) is 0 Å². The van der Waals surface area contributed by atoms with Crippen LogP contribution in [-0.2, 0) is 18.4 Å². The summed E-state index contributed by atoms with van der Waals surface area (Å²) in [5.41, 5.74) is 1.36. The van der Waals surface area contributed by atoms with Gasteiger partial charge in [-0.3, -0.25) is 19.1 Å². The Labute approximate surface area is 157 Å². The van der Waals surface area contributed by atoms with Crippen molar-refractivity contribution in [1.29, 1.82) is 0 Å². The van der Waals surface area contributed by atoms with Crippen molar-refractivity contribution in [2.45, 2.75) is 39.3 Å². The normalized spacial score (nSPS) is 14.6. The van der Waals surface area contributed by atoms with Gasteiger partial charge >= 0.3 is 0 Å². The van der Waals surface area contributed by atoms with Crippen LogP contribution in [0, 0.1) is 12.8 Å². The molecule has 1 saturated carbocycles. The van der Waals surface area contributed by atoms with Gasteiger partial charge in [-0.15, -0.1) is 0 Å². The topological polar surface area (TPSA) is 98.0 Å². The number of hydrogen-bond acceptors (Lipinski definition) is 4. The minimum absolute atomic E-state index is 0.0575. The maximum Gasteiger partial charge on any atom is 0.263 e. The molecule has 0 radical (unpaired) electrons. The fourth-order valence-corrected chi connectivity index (χ4v) is 3.05. The highest BCUT2D eigenvalue weighted by Gasteiger charge is 2.23. The first kappa shape index (κ1) is 18.9. The van der Waals surface area contributed by atoms with Crippen LogP contribution >= 0.6 is 0 Å². The van der Waals surface area contributed by atoms with Gasteiger partial charge in [-0.2, -0.15) is 5.10 Å². The largest absolute Gasteiger partial charge is 0.352 e. The predicted octanol–water partition coefficient (Wildman–Crippen LogP) is 0.907. The Bertz CT molecular complexity index is 910. The third-order valence-corrected chi connectivity index (χ3v) is 4.72. The molecular weight excluding hydrogens is 346 g/mol. The minimum atomic E-state index is -0.467. The Hall–Kier alpha value is -2.90. The number of amides is 2. The molecule has 0 aliphatic heterocycles. The van der Waals surface area contributed by atoms with E-state index in [9.17, 15) is 14.4 Å². The van der Waals surface area contributed by atoms with Gasteiger partial charge in [-0.25, -0.2) is 0 Å². The van der Waals surface area contributed by atoms with E-state index in [4.69, 9.17) is 0 Å². The zero-order valence-corrected chi connectivity index (χ0v) is 15.9. The van der Waals surface area contributed by atoms with Crippen LogP contribution in [0.1, 0.15) is 47.4 Å². The standard InChI is InChI=1S/C19H25N5O3/c1-12(16-10-23(3)22-13(16)2)21-17(25)11-24-8-4-5-15(19(24)27)18(26)20-9-14-6-7-14/h4-5,8,10,12,14H,6-7,9,11H2,1-3H3,(H,20,26)(H,21,25). The number of carbonyl (C=O) groups excluding carboxylic acids is 2. The number of pyridine rings is 1. The van der Waals surface area contributed by atoms with Gasteiger partial charge in [-0.05, 0) is 44.7 Å². The summed E-state index contributed by atoms with van der Waals surface area (Å²) in [7, 11) is 1.82. The predicted molar refractivity (Wildman–Crippen MR) is 100 cm³/mol. The lowest BCUT2D eigenvalue weighted by molar-refractivity contribution is -0.122. The molecule has 2 aromatic heterocycles. The van der Waals surface area contributed by atoms with E-state index in [2.05, 4.69) is 15.7 Å². The van der Waals surface area contributed by atoms with Crippen molar-refractivity contribution in [2.75, 3.05) is 6.54 Å². The average molecular weight is 371 g/mol. The van der Waals surface area contributed by atoms with Gasteiger partial charge in [0.25, 0.3) is 11.5 Å². The van der Waals surface area contributed by atoms with E-state index < -0.39 is 5.56 Å². The van der Waals surface area contributed by atoms with Crippen molar-refractivity contribution in [3.05, 3.63) is 51.7 Å². The van der Waals surface area contributed by atoms with Crippen molar-refractivity contribution in [1.82, 2.24) is 25.0 Å². The van der Waals surface area contributed by atoms with Crippen LogP contribution in [0.4, 0.5) is 0 Å². The highest BCUT2D eigenvalue weighted by Crippen LogP contribution is 2.27. The molecule has 8 nitrogen and oxygen atoms in total. The summed E-state index contributed by atoms with van der Waals surface area (Å²) in [6.07, 6.45) is 5.61. The van der Waals surface area contributed by atoms with Gasteiger partial charge in [0.15, 0.2) is 0 Å². The molecule has 1 atom stereocenters. The third-order valence-electron chi connectivity index (χ3n) is 4.72. The second kappa shape index (κ2) is 7.77. The van der Waals surface area contributed by atoms with Gasteiger partial charge in [0.05, 0.1) is 11.7 Å². The van der Waals surface area contributed by atoms with Crippen LogP contribution in [0.3, 0.4) is 0 Å². The summed E-state index contributed by atoms with van der Waals surface area (Å²) in [6, 6.07) is 2.86. The first-order valence-corrected chi connectivity index (χ1v) is 9.12. The molecule has 0 aromatic carbocycles. The Morgan fingerprint density at radius 2 is 2.11 bits per heavy atom. The molecule has 27 heavy (non-hydrogen) atoms. The molecule has 2 heterocycles. The lowest BCUT2D eigenvalue weighted by Gasteiger charge is -2.14. The van der Waals surface area contributed by atoms with Crippen LogP contribution in [0.15, 0.2) is 29.3 Å². The van der Waals surface area contributed by atoms with E-state index >= 15 is 0 Å². The number of nitrogens with one attached hydrogen (secondary N) is 2. The first-order chi connectivity index (χ1) is 12.8. The summed E-state index contributed by atoms with van der Waals surface area (Å²) in [5.74, 6) is -0.160. The molecule has 1 unspecified atom stereocenters. The quantitative estimate of drug-likeness (QED) is 0.756. The molecule has 2 aromatic rings. The smallest absolute Gasteiger partial charge is 0.263 e. The van der Waals surface area contributed by atoms with Crippen LogP contribution in [0.2, 0.25) is 0 Å². The minimum Gasteiger partial charge on any atom is -0.352 e. The molecule has 2 N–H and O–H groups in total. The molecular formula is C19H25N5O3. The monoisotopic (exact) mass is 371 g/mol. The number of nitrogens with zero attached hydrogens (tertiary/aromatic N) is 3. The summed E-state index contributed by atoms with van der Waals surface area (Å²) in [4.78, 5) is 37.1. The molecule has 1 aliphatic carbocycles. The van der Waals surface area contributed by atoms with Gasteiger partial charge in [0.2, 0.25) is 5.91 Å². The highest BCUT2D eigenvalue weighted by molar-refractivity contribution is 5.93. The molecule has 0 saturated heterocycles. The van der Waals surface area contributed by atoms with E-state index in [0.29, 0.717) is 12.5 Å². The third kappa shape index (κ3) is 4.64. The molecule has 0 spiro atoms. The van der Waals surface area contributed by atoms with Crippen molar-refractivity contribution in [3.63, 3.8) is 0 Å². The molecule has 1 aliphatic rings. The van der Waals surface area contributed by atoms with Crippen LogP contribution in [0.25, 0.3) is 0 Å². The van der Waals surface area contributed by atoms with Crippen LogP contribution in [0.5, 0.6) is 0 Å². The van der Waals surface area contributed by atoms with E-state index in [-0.39, 0.29) is 30.0 Å². The summed E-state index contributed by atoms with van der Waals surface area (Å²) in [6.45, 7) is 4.19. The van der Waals surface area contributed by atoms with E-state index in [1.807, 2.05) is 27.1 Å². The average Bonchev–Trinajstić information content (AvgIpc) is 3.37. The highest BCUT2D eigenvalue weighted by atomic mass is 16.2. The number of carbonyl (C=O) groups is 2. The maximum absolute atomic E-state index is 12.5. The van der Waals surface area contributed by atoms with E-state index in [0.717, 1.165) is 24.1 Å². The molecule has 3 rings (SSSR count). The van der Waals surface area contributed by atoms with Gasteiger partial charge in [-0.1, -0.05) is 0 Å². The second-order valence-corrected chi connectivity index (χ2v) is 7.14. The summed E-state index contributed by atoms with van der Waals surface area (Å²) >= 11 is 0. The number of hydrogen-bond donors (Lipinski definition) is 2. The zero-order chi connectivity index (χ0) is 19.6. The van der Waals surface area contributed by atoms with Gasteiger partial charge in [0, 0.05) is 31.5 Å². The Morgan fingerprint density at radius 1 is 1.37 bits per heavy atom. The fourth-order valence-electron chi connectivity index (χ4n) is 3.05. The Balaban J connectivity index is 1.65. The molecule has 1 fully saturated rings. The number of rotatable bonds is 7. The molecule has 0 bridgehead atoms. The van der Waals surface area contributed by atoms with Gasteiger partial charge in [0.1, 0.15) is 12.1 Å². The zero-order valence-electron chi connectivity index (χ0n) is 15.9. The molecule has 8 heteroatoms. The SMILES string of the molecule is Cc1nn(C)cc1C(C)NC(=O)Cn1cccc(C(=O)NCC2CC2)c1=O. The Morgan fingerprint density at radius 3 is 2.74 bits per heavy atom. The van der Waals surface area contributed by atoms with Crippen molar-refractivity contribution < 1.29 is 9.59 Å². The Kier molecular flexibility index (Phi) is 5.43. The summed E-state index contributed by atoms with van der Waals surface area (Å²) < 4.78 is 2.95. The van der Waals surface area contributed by atoms with E-state index in [1.165, 1.54) is 16.8 Å². The van der Waals surface area contributed by atoms with E-state index in [1.54, 1.807) is 10.7 Å². The van der Waals surface area contributed by atoms with Crippen LogP contribution < -0.4 is 16.2 Å². The second-order valence-electron chi connectivity index (χ2n) is 7.14. The molecule has 2 amide bonds.